The van der Waals surface area contributed by atoms with Crippen molar-refractivity contribution in [2.45, 2.75) is 101 Å². The van der Waals surface area contributed by atoms with Crippen LogP contribution in [-0.2, 0) is 68.9 Å². The fraction of sp³-hybridized carbons (Fsp3) is 0.333. The van der Waals surface area contributed by atoms with Crippen molar-refractivity contribution in [2.75, 3.05) is 0 Å². The summed E-state index contributed by atoms with van der Waals surface area (Å²) >= 11 is 0. The first-order valence-electron chi connectivity index (χ1n) is 21.2. The Morgan fingerprint density at radius 3 is 0.405 bits per heavy atom. The number of hydrogen-bond donors (Lipinski definition) is 0. The van der Waals surface area contributed by atoms with E-state index in [0.29, 0.717) is 0 Å². The van der Waals surface area contributed by atoms with Crippen molar-refractivity contribution < 1.29 is 125 Å². The second-order valence-corrected chi connectivity index (χ2v) is 16.4. The van der Waals surface area contributed by atoms with E-state index in [2.05, 4.69) is 51.4 Å². The minimum atomic E-state index is -6.13. The van der Waals surface area contributed by atoms with Gasteiger partial charge in [0.2, 0.25) is 0 Å². The van der Waals surface area contributed by atoms with E-state index in [1.807, 2.05) is 0 Å². The second-order valence-electron chi connectivity index (χ2n) is 16.4. The molecule has 0 aromatic heterocycles. The third-order valence-corrected chi connectivity index (χ3v) is 11.1. The molecule has 0 spiro atoms. The minimum Gasteiger partial charge on any atom is -0.194 e. The fourth-order valence-electron chi connectivity index (χ4n) is 7.78. The van der Waals surface area contributed by atoms with Gasteiger partial charge >= 0.3 is 49.4 Å². The predicted octanol–water partition coefficient (Wildman–Crippen LogP) is 16.0. The average molecular weight is 1180 g/mol. The van der Waals surface area contributed by atoms with Gasteiger partial charge in [-0.15, -0.1) is 0 Å². The number of halogens is 24. The summed E-state index contributed by atoms with van der Waals surface area (Å²) in [4.78, 5) is 0. The molecule has 6 rings (SSSR count). The first-order chi connectivity index (χ1) is 33.3. The molecule has 0 unspecified atom stereocenters. The number of alkyl halides is 24. The van der Waals surface area contributed by atoms with Crippen LogP contribution in [0, 0.1) is 51.4 Å². The van der Waals surface area contributed by atoms with Crippen LogP contribution in [0.15, 0.2) is 72.8 Å². The topological polar surface area (TPSA) is 0 Å². The molecule has 2 aliphatic rings. The standard InChI is InChI=1S/C32H12BF24.2C8H12.Rh/c34-25(35,36)13-1-14(26(37,38)39)6-21(5-13)33(22-7-15(27(40,41)42)2-16(8-22)28(43,44)45,23-9-17(29(46,47)48)3-18(10-23)30(49,50)51)24-11-19(31(52,53)54)4-20(12-24)32(55,56)57;2*1-2-4-6-8-7-5-3-1;/h1-12H;2*1-2,7-8H,3-6H2;/q-1;;;. The molecule has 2 fully saturated rings. The zero-order valence-electron chi connectivity index (χ0n) is 37.2. The Morgan fingerprint density at radius 1 is 0.203 bits per heavy atom. The van der Waals surface area contributed by atoms with Crippen LogP contribution >= 0.6 is 0 Å². The van der Waals surface area contributed by atoms with E-state index in [1.54, 1.807) is 0 Å². The normalized spacial score (nSPS) is 16.2. The Balaban J connectivity index is 0.000000717. The van der Waals surface area contributed by atoms with Crippen molar-refractivity contribution in [3.8, 4) is 0 Å². The summed E-state index contributed by atoms with van der Waals surface area (Å²) < 4.78 is 341. The summed E-state index contributed by atoms with van der Waals surface area (Å²) in [7, 11) is 0. The molecule has 409 valence electrons. The second kappa shape index (κ2) is 24.5. The van der Waals surface area contributed by atoms with Gasteiger partial charge in [-0.2, -0.15) is 127 Å². The molecular formula is C48H36BF24Rh-. The molecule has 0 aliphatic heterocycles. The van der Waals surface area contributed by atoms with Crippen molar-refractivity contribution in [1.82, 2.24) is 0 Å². The van der Waals surface area contributed by atoms with Crippen LogP contribution in [0.4, 0.5) is 105 Å². The van der Waals surface area contributed by atoms with Crippen molar-refractivity contribution in [1.29, 1.82) is 0 Å². The van der Waals surface area contributed by atoms with Gasteiger partial charge in [-0.05, 0) is 127 Å². The number of hydrogen-bond acceptors (Lipinski definition) is 0. The number of benzene rings is 4. The molecule has 0 bridgehead atoms. The Kier molecular flexibility index (Phi) is 21.2. The maximum atomic E-state index is 14.2. The van der Waals surface area contributed by atoms with Crippen LogP contribution in [0.1, 0.15) is 95.9 Å². The molecular weight excluding hydrogens is 1150 g/mol. The average Bonchev–Trinajstić information content (AvgIpc) is 3.21. The molecule has 4 aromatic rings. The van der Waals surface area contributed by atoms with E-state index in [-0.39, 0.29) is 19.5 Å². The van der Waals surface area contributed by atoms with Crippen molar-refractivity contribution >= 4 is 28.0 Å². The van der Waals surface area contributed by atoms with Crippen LogP contribution < -0.4 is 21.9 Å². The zero-order chi connectivity index (χ0) is 55.2. The Morgan fingerprint density at radius 2 is 0.311 bits per heavy atom. The zero-order valence-corrected chi connectivity index (χ0v) is 38.8. The van der Waals surface area contributed by atoms with Crippen LogP contribution in [0.25, 0.3) is 0 Å². The summed E-state index contributed by atoms with van der Waals surface area (Å²) in [6.07, 6.45) is -26.8. The van der Waals surface area contributed by atoms with Crippen molar-refractivity contribution in [3.05, 3.63) is 169 Å². The van der Waals surface area contributed by atoms with Crippen molar-refractivity contribution in [2.24, 2.45) is 0 Å². The largest absolute Gasteiger partial charge is 0.416 e. The summed E-state index contributed by atoms with van der Waals surface area (Å²) in [5, 5.41) is 0. The Hall–Kier alpha value is -4.11. The maximum absolute atomic E-state index is 14.2. The van der Waals surface area contributed by atoms with E-state index in [1.165, 1.54) is 51.4 Å². The molecule has 9 radical (unpaired) electrons. The van der Waals surface area contributed by atoms with E-state index >= 15 is 0 Å². The smallest absolute Gasteiger partial charge is 0.194 e. The molecule has 0 N–H and O–H groups in total. The van der Waals surface area contributed by atoms with Gasteiger partial charge in [0.25, 0.3) is 0 Å². The maximum Gasteiger partial charge on any atom is 0.416 e. The first-order valence-corrected chi connectivity index (χ1v) is 21.2. The third-order valence-electron chi connectivity index (χ3n) is 11.1. The van der Waals surface area contributed by atoms with Gasteiger partial charge in [0.15, 0.2) is 0 Å². The minimum absolute atomic E-state index is 0. The third kappa shape index (κ3) is 17.5. The molecule has 2 saturated carbocycles. The van der Waals surface area contributed by atoms with Crippen LogP contribution in [0.5, 0.6) is 0 Å². The molecule has 2 aliphatic carbocycles. The van der Waals surface area contributed by atoms with Crippen molar-refractivity contribution in [3.63, 3.8) is 0 Å². The van der Waals surface area contributed by atoms with Gasteiger partial charge in [-0.25, -0.2) is 0 Å². The van der Waals surface area contributed by atoms with E-state index in [0.717, 1.165) is 0 Å². The number of rotatable bonds is 4. The van der Waals surface area contributed by atoms with Gasteiger partial charge in [0.05, 0.1) is 44.5 Å². The fourth-order valence-corrected chi connectivity index (χ4v) is 7.78. The van der Waals surface area contributed by atoms with Crippen LogP contribution in [0.3, 0.4) is 0 Å². The summed E-state index contributed by atoms with van der Waals surface area (Å²) in [5.74, 6) is 0. The monoisotopic (exact) mass is 1180 g/mol. The molecule has 0 heterocycles. The molecule has 0 saturated heterocycles. The SMILES string of the molecule is FC(F)(F)c1cc([B-](c2cc(C(F)(F)F)cc(C(F)(F)F)c2)(c2cc(C(F)(F)F)cc(C(F)(F)F)c2)c2cc(C(F)(F)F)cc(C(F)(F)F)c2)cc(C(F)(F)F)c1.[CH]1[CH]CC[CH][CH]CC1.[CH]1[CH]CC[CH][CH]CC1.[Rh]. The predicted molar refractivity (Wildman–Crippen MR) is 221 cm³/mol. The van der Waals surface area contributed by atoms with E-state index in [9.17, 15) is 105 Å². The summed E-state index contributed by atoms with van der Waals surface area (Å²) in [5.41, 5.74) is -30.2. The van der Waals surface area contributed by atoms with Crippen LogP contribution in [-0.4, -0.2) is 6.15 Å². The molecule has 0 atom stereocenters. The van der Waals surface area contributed by atoms with Gasteiger partial charge in [-0.3, -0.25) is 0 Å². The van der Waals surface area contributed by atoms with Gasteiger partial charge in [0, 0.05) is 19.5 Å². The summed E-state index contributed by atoms with van der Waals surface area (Å²) in [6, 6.07) is -8.81. The Labute approximate surface area is 421 Å². The molecule has 0 amide bonds. The first kappa shape index (κ1) is 64.2. The van der Waals surface area contributed by atoms with Gasteiger partial charge < -0.3 is 0 Å². The molecule has 26 heteroatoms. The molecule has 0 nitrogen and oxygen atoms in total. The van der Waals surface area contributed by atoms with Crippen LogP contribution in [0.2, 0.25) is 0 Å². The molecule has 74 heavy (non-hydrogen) atoms. The molecule has 4 aromatic carbocycles. The Bertz CT molecular complexity index is 1930. The van der Waals surface area contributed by atoms with E-state index in [4.69, 9.17) is 0 Å². The summed E-state index contributed by atoms with van der Waals surface area (Å²) in [6.45, 7) is 0. The van der Waals surface area contributed by atoms with E-state index < -0.39 is 195 Å². The van der Waals surface area contributed by atoms with Gasteiger partial charge in [-0.1, -0.05) is 48.5 Å². The van der Waals surface area contributed by atoms with Gasteiger partial charge in [0.1, 0.15) is 6.15 Å². The quantitative estimate of drug-likeness (QED) is 0.141.